The van der Waals surface area contributed by atoms with E-state index in [4.69, 9.17) is 4.74 Å². The highest BCUT2D eigenvalue weighted by Gasteiger charge is 2.14. The van der Waals surface area contributed by atoms with Crippen molar-refractivity contribution in [2.24, 2.45) is 0 Å². The molecule has 0 aromatic carbocycles. The first-order valence-electron chi connectivity index (χ1n) is 4.70. The molecule has 1 aliphatic rings. The van der Waals surface area contributed by atoms with Crippen molar-refractivity contribution >= 4 is 5.69 Å². The number of hydrogen-bond donors (Lipinski definition) is 1. The number of pyridine rings is 1. The predicted molar refractivity (Wildman–Crippen MR) is 51.7 cm³/mol. The maximum atomic E-state index is 5.50. The number of ether oxygens (including phenoxy) is 1. The van der Waals surface area contributed by atoms with Gasteiger partial charge in [-0.05, 0) is 25.0 Å². The van der Waals surface area contributed by atoms with E-state index in [-0.39, 0.29) is 0 Å². The smallest absolute Gasteiger partial charge is 0.0748 e. The van der Waals surface area contributed by atoms with Crippen LogP contribution in [0.4, 0.5) is 5.69 Å². The summed E-state index contributed by atoms with van der Waals surface area (Å²) in [5.41, 5.74) is 1.12. The van der Waals surface area contributed by atoms with E-state index in [9.17, 15) is 0 Å². The van der Waals surface area contributed by atoms with Crippen LogP contribution in [-0.4, -0.2) is 24.2 Å². The van der Waals surface area contributed by atoms with E-state index in [0.717, 1.165) is 18.8 Å². The Hall–Kier alpha value is -1.09. The van der Waals surface area contributed by atoms with E-state index in [2.05, 4.69) is 10.3 Å². The van der Waals surface area contributed by atoms with Crippen LogP contribution in [-0.2, 0) is 4.74 Å². The van der Waals surface area contributed by atoms with Gasteiger partial charge in [0.2, 0.25) is 0 Å². The average Bonchev–Trinajstić information content (AvgIpc) is 2.69. The van der Waals surface area contributed by atoms with E-state index in [0.29, 0.717) is 6.10 Å². The summed E-state index contributed by atoms with van der Waals surface area (Å²) in [4.78, 5) is 3.95. The van der Waals surface area contributed by atoms with E-state index < -0.39 is 0 Å². The Morgan fingerprint density at radius 1 is 1.46 bits per heavy atom. The van der Waals surface area contributed by atoms with Crippen LogP contribution >= 0.6 is 0 Å². The molecule has 0 aliphatic carbocycles. The first-order chi connectivity index (χ1) is 6.45. The maximum absolute atomic E-state index is 5.50. The van der Waals surface area contributed by atoms with Crippen LogP contribution in [0.3, 0.4) is 0 Å². The van der Waals surface area contributed by atoms with Crippen LogP contribution in [0, 0.1) is 0 Å². The predicted octanol–water partition coefficient (Wildman–Crippen LogP) is 1.67. The van der Waals surface area contributed by atoms with Crippen LogP contribution in [0.2, 0.25) is 0 Å². The lowest BCUT2D eigenvalue weighted by atomic mass is 10.2. The van der Waals surface area contributed by atoms with Gasteiger partial charge in [-0.2, -0.15) is 0 Å². The fourth-order valence-corrected chi connectivity index (χ4v) is 1.51. The largest absolute Gasteiger partial charge is 0.382 e. The van der Waals surface area contributed by atoms with Gasteiger partial charge in [0.1, 0.15) is 0 Å². The van der Waals surface area contributed by atoms with Crippen LogP contribution in [0.25, 0.3) is 0 Å². The summed E-state index contributed by atoms with van der Waals surface area (Å²) in [6.07, 6.45) is 6.35. The Balaban J connectivity index is 1.79. The molecule has 1 atom stereocenters. The van der Waals surface area contributed by atoms with Crippen molar-refractivity contribution in [1.82, 2.24) is 4.98 Å². The Morgan fingerprint density at radius 2 is 2.31 bits per heavy atom. The van der Waals surface area contributed by atoms with Gasteiger partial charge >= 0.3 is 0 Å². The minimum Gasteiger partial charge on any atom is -0.382 e. The molecule has 0 amide bonds. The lowest BCUT2D eigenvalue weighted by Gasteiger charge is -2.11. The molecule has 1 aliphatic heterocycles. The second kappa shape index (κ2) is 4.23. The molecule has 0 saturated carbocycles. The standard InChI is InChI=1S/C10H14N2O/c1-2-10(13-7-1)8-12-9-3-5-11-6-4-9/h3-6,10H,1-2,7-8H2,(H,11,12)/t10-/m1/s1. The molecule has 1 aromatic heterocycles. The number of hydrogen-bond acceptors (Lipinski definition) is 3. The summed E-state index contributed by atoms with van der Waals surface area (Å²) < 4.78 is 5.50. The van der Waals surface area contributed by atoms with Gasteiger partial charge in [0, 0.05) is 31.2 Å². The Bertz CT molecular complexity index is 244. The molecule has 0 radical (unpaired) electrons. The molecule has 3 nitrogen and oxygen atoms in total. The second-order valence-corrected chi connectivity index (χ2v) is 3.25. The van der Waals surface area contributed by atoms with Crippen molar-refractivity contribution in [2.75, 3.05) is 18.5 Å². The van der Waals surface area contributed by atoms with Crippen molar-refractivity contribution < 1.29 is 4.74 Å². The second-order valence-electron chi connectivity index (χ2n) is 3.25. The van der Waals surface area contributed by atoms with Crippen LogP contribution < -0.4 is 5.32 Å². The highest BCUT2D eigenvalue weighted by atomic mass is 16.5. The number of anilines is 1. The minimum absolute atomic E-state index is 0.396. The van der Waals surface area contributed by atoms with Gasteiger partial charge in [-0.25, -0.2) is 0 Å². The molecule has 70 valence electrons. The lowest BCUT2D eigenvalue weighted by molar-refractivity contribution is 0.120. The van der Waals surface area contributed by atoms with Crippen molar-refractivity contribution in [2.45, 2.75) is 18.9 Å². The van der Waals surface area contributed by atoms with E-state index in [1.54, 1.807) is 12.4 Å². The third-order valence-corrected chi connectivity index (χ3v) is 2.24. The molecule has 0 unspecified atom stereocenters. The van der Waals surface area contributed by atoms with Crippen molar-refractivity contribution in [3.8, 4) is 0 Å². The highest BCUT2D eigenvalue weighted by molar-refractivity contribution is 5.40. The molecule has 1 fully saturated rings. The molecular weight excluding hydrogens is 164 g/mol. The zero-order valence-electron chi connectivity index (χ0n) is 7.57. The molecule has 1 aromatic rings. The molecule has 1 saturated heterocycles. The SMILES string of the molecule is c1cc(NC[C@H]2CCCO2)ccn1. The zero-order valence-corrected chi connectivity index (χ0v) is 7.57. The van der Waals surface area contributed by atoms with Crippen LogP contribution in [0.15, 0.2) is 24.5 Å². The Morgan fingerprint density at radius 3 is 3.00 bits per heavy atom. The van der Waals surface area contributed by atoms with Gasteiger partial charge in [0.05, 0.1) is 6.10 Å². The summed E-state index contributed by atoms with van der Waals surface area (Å²) in [6.45, 7) is 1.83. The molecule has 3 heteroatoms. The van der Waals surface area contributed by atoms with Crippen molar-refractivity contribution in [1.29, 1.82) is 0 Å². The summed E-state index contributed by atoms with van der Waals surface area (Å²) in [5, 5.41) is 3.32. The normalized spacial score (nSPS) is 21.7. The van der Waals surface area contributed by atoms with Gasteiger partial charge in [-0.1, -0.05) is 0 Å². The van der Waals surface area contributed by atoms with E-state index >= 15 is 0 Å². The van der Waals surface area contributed by atoms with Gasteiger partial charge in [0.15, 0.2) is 0 Å². The number of nitrogens with one attached hydrogen (secondary N) is 1. The van der Waals surface area contributed by atoms with E-state index in [1.807, 2.05) is 12.1 Å². The van der Waals surface area contributed by atoms with Crippen LogP contribution in [0.1, 0.15) is 12.8 Å². The lowest BCUT2D eigenvalue weighted by Crippen LogP contribution is -2.18. The third kappa shape index (κ3) is 2.42. The van der Waals surface area contributed by atoms with Gasteiger partial charge in [-0.15, -0.1) is 0 Å². The first kappa shape index (κ1) is 8.51. The van der Waals surface area contributed by atoms with Gasteiger partial charge < -0.3 is 10.1 Å². The Labute approximate surface area is 78.1 Å². The van der Waals surface area contributed by atoms with Crippen molar-refractivity contribution in [3.63, 3.8) is 0 Å². The Kier molecular flexibility index (Phi) is 2.77. The quantitative estimate of drug-likeness (QED) is 0.764. The fraction of sp³-hybridized carbons (Fsp3) is 0.500. The molecular formula is C10H14N2O. The summed E-state index contributed by atoms with van der Waals surface area (Å²) >= 11 is 0. The maximum Gasteiger partial charge on any atom is 0.0748 e. The summed E-state index contributed by atoms with van der Waals surface area (Å²) in [7, 11) is 0. The highest BCUT2D eigenvalue weighted by Crippen LogP contribution is 2.13. The first-order valence-corrected chi connectivity index (χ1v) is 4.70. The monoisotopic (exact) mass is 178 g/mol. The molecule has 0 bridgehead atoms. The fourth-order valence-electron chi connectivity index (χ4n) is 1.51. The van der Waals surface area contributed by atoms with Crippen LogP contribution in [0.5, 0.6) is 0 Å². The molecule has 2 rings (SSSR count). The molecule has 2 heterocycles. The third-order valence-electron chi connectivity index (χ3n) is 2.24. The summed E-state index contributed by atoms with van der Waals surface area (Å²) in [5.74, 6) is 0. The van der Waals surface area contributed by atoms with Crippen molar-refractivity contribution in [3.05, 3.63) is 24.5 Å². The zero-order chi connectivity index (χ0) is 8.93. The topological polar surface area (TPSA) is 34.1 Å². The number of rotatable bonds is 3. The molecule has 13 heavy (non-hydrogen) atoms. The number of nitrogens with zero attached hydrogens (tertiary/aromatic N) is 1. The summed E-state index contributed by atoms with van der Waals surface area (Å²) in [6, 6.07) is 3.93. The minimum atomic E-state index is 0.396. The molecule has 1 N–H and O–H groups in total. The molecule has 0 spiro atoms. The average molecular weight is 178 g/mol. The van der Waals surface area contributed by atoms with Gasteiger partial charge in [-0.3, -0.25) is 4.98 Å². The van der Waals surface area contributed by atoms with E-state index in [1.165, 1.54) is 12.8 Å². The number of aromatic nitrogens is 1. The van der Waals surface area contributed by atoms with Gasteiger partial charge in [0.25, 0.3) is 0 Å².